The molecule has 0 radical (unpaired) electrons. The van der Waals surface area contributed by atoms with Gasteiger partial charge in [-0.2, -0.15) is 0 Å². The van der Waals surface area contributed by atoms with Gasteiger partial charge in [0.15, 0.2) is 0 Å². The summed E-state index contributed by atoms with van der Waals surface area (Å²) in [6, 6.07) is 9.55. The lowest BCUT2D eigenvalue weighted by Gasteiger charge is -2.21. The number of pyridine rings is 1. The third-order valence-electron chi connectivity index (χ3n) is 5.07. The van der Waals surface area contributed by atoms with Gasteiger partial charge in [0.05, 0.1) is 20.6 Å². The first-order valence-corrected chi connectivity index (χ1v) is 9.87. The van der Waals surface area contributed by atoms with Gasteiger partial charge in [-0.3, -0.25) is 4.79 Å². The summed E-state index contributed by atoms with van der Waals surface area (Å²) in [5, 5.41) is 2.96. The van der Waals surface area contributed by atoms with Gasteiger partial charge in [-0.15, -0.1) is 0 Å². The summed E-state index contributed by atoms with van der Waals surface area (Å²) in [6.45, 7) is 2.61. The number of ether oxygens (including phenoxy) is 2. The number of rotatable bonds is 7. The molecule has 0 saturated carbocycles. The van der Waals surface area contributed by atoms with E-state index in [4.69, 9.17) is 9.47 Å². The average molecular weight is 383 g/mol. The van der Waals surface area contributed by atoms with Crippen LogP contribution in [0, 0.1) is 0 Å². The summed E-state index contributed by atoms with van der Waals surface area (Å²) in [6.07, 6.45) is 7.16. The maximum absolute atomic E-state index is 12.4. The number of nitrogens with one attached hydrogen (secondary N) is 1. The van der Waals surface area contributed by atoms with Crippen molar-refractivity contribution in [2.24, 2.45) is 0 Å². The number of hydrogen-bond donors (Lipinski definition) is 1. The standard InChI is InChI=1S/C22H29N3O3/c1-27-19-8-9-20(28-2)18(13-19)14-22(26)24-16-17-7-10-21(23-15-17)25-11-5-3-4-6-12-25/h7-10,13,15H,3-6,11-12,14,16H2,1-2H3,(H,24,26). The molecule has 1 aliphatic rings. The van der Waals surface area contributed by atoms with Crippen LogP contribution in [0.4, 0.5) is 5.82 Å². The molecule has 1 N–H and O–H groups in total. The highest BCUT2D eigenvalue weighted by atomic mass is 16.5. The molecule has 0 aliphatic carbocycles. The van der Waals surface area contributed by atoms with Gasteiger partial charge in [-0.05, 0) is 42.7 Å². The molecular weight excluding hydrogens is 354 g/mol. The van der Waals surface area contributed by atoms with Crippen LogP contribution in [0.25, 0.3) is 0 Å². The number of methoxy groups -OCH3 is 2. The molecule has 1 fully saturated rings. The monoisotopic (exact) mass is 383 g/mol. The van der Waals surface area contributed by atoms with Crippen LogP contribution in [0.15, 0.2) is 36.5 Å². The van der Waals surface area contributed by atoms with E-state index >= 15 is 0 Å². The van der Waals surface area contributed by atoms with E-state index in [1.165, 1.54) is 25.7 Å². The van der Waals surface area contributed by atoms with E-state index in [9.17, 15) is 4.79 Å². The molecule has 0 unspecified atom stereocenters. The van der Waals surface area contributed by atoms with Crippen molar-refractivity contribution in [1.82, 2.24) is 10.3 Å². The van der Waals surface area contributed by atoms with Gasteiger partial charge in [-0.1, -0.05) is 18.9 Å². The van der Waals surface area contributed by atoms with Crippen molar-refractivity contribution in [3.63, 3.8) is 0 Å². The summed E-state index contributed by atoms with van der Waals surface area (Å²) in [5.41, 5.74) is 1.79. The molecule has 1 aliphatic heterocycles. The molecule has 0 bridgehead atoms. The lowest BCUT2D eigenvalue weighted by atomic mass is 10.1. The Morgan fingerprint density at radius 2 is 1.86 bits per heavy atom. The quantitative estimate of drug-likeness (QED) is 0.794. The molecule has 1 amide bonds. The second kappa shape index (κ2) is 9.97. The summed E-state index contributed by atoms with van der Waals surface area (Å²) in [4.78, 5) is 19.3. The average Bonchev–Trinajstić information content (AvgIpc) is 3.02. The Morgan fingerprint density at radius 3 is 2.50 bits per heavy atom. The van der Waals surface area contributed by atoms with E-state index < -0.39 is 0 Å². The molecule has 3 rings (SSSR count). The zero-order valence-corrected chi connectivity index (χ0v) is 16.7. The highest BCUT2D eigenvalue weighted by molar-refractivity contribution is 5.79. The summed E-state index contributed by atoms with van der Waals surface area (Å²) in [7, 11) is 3.20. The van der Waals surface area contributed by atoms with Gasteiger partial charge < -0.3 is 19.7 Å². The minimum absolute atomic E-state index is 0.0665. The molecule has 6 heteroatoms. The largest absolute Gasteiger partial charge is 0.497 e. The van der Waals surface area contributed by atoms with Gasteiger partial charge in [-0.25, -0.2) is 4.98 Å². The number of carbonyl (C=O) groups is 1. The molecule has 1 aromatic heterocycles. The molecule has 2 heterocycles. The molecule has 150 valence electrons. The Labute approximate surface area is 166 Å². The first-order chi connectivity index (χ1) is 13.7. The first-order valence-electron chi connectivity index (χ1n) is 9.87. The molecular formula is C22H29N3O3. The Kier molecular flexibility index (Phi) is 7.12. The number of benzene rings is 1. The Hall–Kier alpha value is -2.76. The second-order valence-corrected chi connectivity index (χ2v) is 7.06. The van der Waals surface area contributed by atoms with Crippen molar-refractivity contribution < 1.29 is 14.3 Å². The molecule has 1 saturated heterocycles. The molecule has 1 aromatic carbocycles. The van der Waals surface area contributed by atoms with E-state index in [2.05, 4.69) is 21.3 Å². The smallest absolute Gasteiger partial charge is 0.224 e. The van der Waals surface area contributed by atoms with Crippen LogP contribution >= 0.6 is 0 Å². The van der Waals surface area contributed by atoms with E-state index in [1.54, 1.807) is 14.2 Å². The van der Waals surface area contributed by atoms with Crippen LogP contribution in [0.3, 0.4) is 0 Å². The van der Waals surface area contributed by atoms with Crippen molar-refractivity contribution in [1.29, 1.82) is 0 Å². The van der Waals surface area contributed by atoms with Crippen molar-refractivity contribution in [2.45, 2.75) is 38.6 Å². The third kappa shape index (κ3) is 5.38. The number of nitrogens with zero attached hydrogens (tertiary/aromatic N) is 2. The third-order valence-corrected chi connectivity index (χ3v) is 5.07. The fraction of sp³-hybridized carbons (Fsp3) is 0.455. The summed E-state index contributed by atoms with van der Waals surface area (Å²) in [5.74, 6) is 2.34. The first kappa shape index (κ1) is 20.0. The zero-order valence-electron chi connectivity index (χ0n) is 16.7. The van der Waals surface area contributed by atoms with Gasteiger partial charge >= 0.3 is 0 Å². The number of carbonyl (C=O) groups excluding carboxylic acids is 1. The zero-order chi connectivity index (χ0) is 19.8. The van der Waals surface area contributed by atoms with Crippen molar-refractivity contribution in [2.75, 3.05) is 32.2 Å². The number of hydrogen-bond acceptors (Lipinski definition) is 5. The highest BCUT2D eigenvalue weighted by Crippen LogP contribution is 2.24. The normalized spacial score (nSPS) is 14.3. The van der Waals surface area contributed by atoms with Crippen LogP contribution in [0.1, 0.15) is 36.8 Å². The van der Waals surface area contributed by atoms with Gasteiger partial charge in [0, 0.05) is 31.4 Å². The molecule has 28 heavy (non-hydrogen) atoms. The lowest BCUT2D eigenvalue weighted by Crippen LogP contribution is -2.26. The van der Waals surface area contributed by atoms with Gasteiger partial charge in [0.25, 0.3) is 0 Å². The number of amides is 1. The number of anilines is 1. The number of aromatic nitrogens is 1. The molecule has 2 aromatic rings. The van der Waals surface area contributed by atoms with Crippen LogP contribution in [-0.4, -0.2) is 38.2 Å². The van der Waals surface area contributed by atoms with Gasteiger partial charge in [0.2, 0.25) is 5.91 Å². The van der Waals surface area contributed by atoms with Crippen LogP contribution in [-0.2, 0) is 17.8 Å². The van der Waals surface area contributed by atoms with Crippen molar-refractivity contribution in [3.8, 4) is 11.5 Å². The van der Waals surface area contributed by atoms with Gasteiger partial charge in [0.1, 0.15) is 17.3 Å². The van der Waals surface area contributed by atoms with E-state index in [-0.39, 0.29) is 12.3 Å². The lowest BCUT2D eigenvalue weighted by molar-refractivity contribution is -0.120. The fourth-order valence-corrected chi connectivity index (χ4v) is 3.46. The van der Waals surface area contributed by atoms with Crippen LogP contribution < -0.4 is 19.7 Å². The maximum Gasteiger partial charge on any atom is 0.224 e. The summed E-state index contributed by atoms with van der Waals surface area (Å²) < 4.78 is 10.6. The van der Waals surface area contributed by atoms with E-state index in [0.29, 0.717) is 18.0 Å². The minimum atomic E-state index is -0.0665. The topological polar surface area (TPSA) is 63.7 Å². The van der Waals surface area contributed by atoms with Crippen LogP contribution in [0.5, 0.6) is 11.5 Å². The Morgan fingerprint density at radius 1 is 1.07 bits per heavy atom. The predicted molar refractivity (Wildman–Crippen MR) is 110 cm³/mol. The predicted octanol–water partition coefficient (Wildman–Crippen LogP) is 3.34. The minimum Gasteiger partial charge on any atom is -0.497 e. The maximum atomic E-state index is 12.4. The Bertz CT molecular complexity index is 769. The Balaban J connectivity index is 1.54. The van der Waals surface area contributed by atoms with E-state index in [0.717, 1.165) is 30.0 Å². The summed E-state index contributed by atoms with van der Waals surface area (Å²) >= 11 is 0. The molecule has 0 spiro atoms. The molecule has 6 nitrogen and oxygen atoms in total. The highest BCUT2D eigenvalue weighted by Gasteiger charge is 2.12. The van der Waals surface area contributed by atoms with E-state index in [1.807, 2.05) is 30.5 Å². The van der Waals surface area contributed by atoms with Crippen LogP contribution in [0.2, 0.25) is 0 Å². The molecule has 0 atom stereocenters. The van der Waals surface area contributed by atoms with Crippen molar-refractivity contribution >= 4 is 11.7 Å². The van der Waals surface area contributed by atoms with Crippen molar-refractivity contribution in [3.05, 3.63) is 47.7 Å². The fourth-order valence-electron chi connectivity index (χ4n) is 3.46. The SMILES string of the molecule is COc1ccc(OC)c(CC(=O)NCc2ccc(N3CCCCCC3)nc2)c1. The second-order valence-electron chi connectivity index (χ2n) is 7.06.